The van der Waals surface area contributed by atoms with Gasteiger partial charge in [-0.15, -0.1) is 0 Å². The van der Waals surface area contributed by atoms with Crippen molar-refractivity contribution in [1.29, 1.82) is 0 Å². The van der Waals surface area contributed by atoms with Crippen molar-refractivity contribution in [3.05, 3.63) is 58.4 Å². The van der Waals surface area contributed by atoms with E-state index in [1.807, 2.05) is 22.7 Å². The van der Waals surface area contributed by atoms with Gasteiger partial charge in [-0.3, -0.25) is 13.8 Å². The Hall–Kier alpha value is -2.60. The Morgan fingerprint density at radius 3 is 2.69 bits per heavy atom. The molecule has 3 aromatic rings. The number of hydrogen-bond acceptors (Lipinski definition) is 4. The lowest BCUT2D eigenvalue weighted by atomic mass is 9.99. The minimum absolute atomic E-state index is 0.123. The van der Waals surface area contributed by atoms with Crippen molar-refractivity contribution < 1.29 is 9.47 Å². The first-order valence-electron chi connectivity index (χ1n) is 8.97. The largest absolute Gasteiger partial charge is 0.439 e. The fourth-order valence-corrected chi connectivity index (χ4v) is 3.39. The summed E-state index contributed by atoms with van der Waals surface area (Å²) in [6.07, 6.45) is 4.52. The Labute approximate surface area is 152 Å². The first-order chi connectivity index (χ1) is 12.5. The van der Waals surface area contributed by atoms with Crippen LogP contribution in [0.4, 0.5) is 0 Å². The topological polar surface area (TPSA) is 57.8 Å². The highest BCUT2D eigenvalue weighted by Crippen LogP contribution is 2.28. The van der Waals surface area contributed by atoms with Crippen LogP contribution in [0.1, 0.15) is 43.5 Å². The smallest absolute Gasteiger partial charge is 0.279 e. The molecule has 0 aliphatic carbocycles. The van der Waals surface area contributed by atoms with Crippen molar-refractivity contribution in [3.63, 3.8) is 0 Å². The highest BCUT2D eigenvalue weighted by molar-refractivity contribution is 5.46. The third kappa shape index (κ3) is 2.90. The van der Waals surface area contributed by atoms with Crippen LogP contribution in [0.5, 0.6) is 11.6 Å². The highest BCUT2D eigenvalue weighted by atomic mass is 16.5. The van der Waals surface area contributed by atoms with E-state index in [1.54, 1.807) is 13.2 Å². The monoisotopic (exact) mass is 353 g/mol. The van der Waals surface area contributed by atoms with E-state index in [1.165, 1.54) is 10.1 Å². The van der Waals surface area contributed by atoms with Crippen molar-refractivity contribution in [2.45, 2.75) is 32.1 Å². The molecule has 0 amide bonds. The van der Waals surface area contributed by atoms with Gasteiger partial charge in [-0.1, -0.05) is 26.0 Å². The van der Waals surface area contributed by atoms with Crippen molar-refractivity contribution >= 4 is 5.52 Å². The Morgan fingerprint density at radius 2 is 2.04 bits per heavy atom. The Morgan fingerprint density at radius 1 is 1.27 bits per heavy atom. The zero-order chi connectivity index (χ0) is 18.3. The number of ether oxygens (including phenoxy) is 2. The van der Waals surface area contributed by atoms with Crippen LogP contribution in [-0.2, 0) is 11.8 Å². The van der Waals surface area contributed by atoms with Gasteiger partial charge in [0.05, 0.1) is 19.0 Å². The van der Waals surface area contributed by atoms with Crippen LogP contribution in [0.2, 0.25) is 0 Å². The Bertz CT molecular complexity index is 980. The quantitative estimate of drug-likeness (QED) is 0.721. The second-order valence-corrected chi connectivity index (χ2v) is 7.09. The molecule has 1 aliphatic rings. The molecular weight excluding hydrogens is 330 g/mol. The normalized spacial score (nSPS) is 17.3. The van der Waals surface area contributed by atoms with Gasteiger partial charge in [0, 0.05) is 25.5 Å². The summed E-state index contributed by atoms with van der Waals surface area (Å²) in [7, 11) is 1.71. The summed E-state index contributed by atoms with van der Waals surface area (Å²) in [4.78, 5) is 17.0. The minimum Gasteiger partial charge on any atom is -0.439 e. The zero-order valence-corrected chi connectivity index (χ0v) is 15.3. The molecule has 6 heteroatoms. The number of rotatable bonds is 4. The SMILES string of the molecule is CC(C)c1ncc2c(=O)n(C)c(Oc3ccc(C4CCOC4)cc3)cn12. The number of imidazole rings is 1. The maximum absolute atomic E-state index is 12.6. The van der Waals surface area contributed by atoms with Crippen molar-refractivity contribution in [2.75, 3.05) is 13.2 Å². The van der Waals surface area contributed by atoms with Gasteiger partial charge in [-0.25, -0.2) is 4.98 Å². The number of nitrogens with zero attached hydrogens (tertiary/aromatic N) is 3. The Kier molecular flexibility index (Phi) is 4.28. The summed E-state index contributed by atoms with van der Waals surface area (Å²) in [6, 6.07) is 8.03. The van der Waals surface area contributed by atoms with Crippen LogP contribution >= 0.6 is 0 Å². The third-order valence-electron chi connectivity index (χ3n) is 4.94. The fraction of sp³-hybridized carbons (Fsp3) is 0.400. The molecule has 2 aromatic heterocycles. The fourth-order valence-electron chi connectivity index (χ4n) is 3.39. The summed E-state index contributed by atoms with van der Waals surface area (Å²) >= 11 is 0. The molecule has 0 radical (unpaired) electrons. The predicted molar refractivity (Wildman–Crippen MR) is 99.2 cm³/mol. The summed E-state index contributed by atoms with van der Waals surface area (Å²) in [5.41, 5.74) is 1.69. The second kappa shape index (κ2) is 6.61. The van der Waals surface area contributed by atoms with E-state index in [9.17, 15) is 4.79 Å². The van der Waals surface area contributed by atoms with Crippen molar-refractivity contribution in [2.24, 2.45) is 7.05 Å². The summed E-state index contributed by atoms with van der Waals surface area (Å²) in [6.45, 7) is 5.72. The molecule has 0 N–H and O–H groups in total. The molecule has 0 saturated carbocycles. The van der Waals surface area contributed by atoms with Crippen LogP contribution < -0.4 is 10.3 Å². The molecule has 1 aromatic carbocycles. The van der Waals surface area contributed by atoms with Crippen molar-refractivity contribution in [3.8, 4) is 11.6 Å². The molecule has 26 heavy (non-hydrogen) atoms. The van der Waals surface area contributed by atoms with Gasteiger partial charge < -0.3 is 9.47 Å². The molecule has 1 saturated heterocycles. The van der Waals surface area contributed by atoms with E-state index >= 15 is 0 Å². The predicted octanol–water partition coefficient (Wildman–Crippen LogP) is 3.45. The summed E-state index contributed by atoms with van der Waals surface area (Å²) < 4.78 is 14.8. The van der Waals surface area contributed by atoms with E-state index < -0.39 is 0 Å². The number of aromatic nitrogens is 3. The van der Waals surface area contributed by atoms with Gasteiger partial charge in [-0.05, 0) is 24.1 Å². The lowest BCUT2D eigenvalue weighted by Gasteiger charge is -2.13. The van der Waals surface area contributed by atoms with Crippen LogP contribution in [0, 0.1) is 0 Å². The number of hydrogen-bond donors (Lipinski definition) is 0. The molecule has 0 spiro atoms. The summed E-state index contributed by atoms with van der Waals surface area (Å²) in [5, 5.41) is 0. The molecule has 1 aliphatic heterocycles. The minimum atomic E-state index is -0.123. The van der Waals surface area contributed by atoms with E-state index in [-0.39, 0.29) is 11.5 Å². The highest BCUT2D eigenvalue weighted by Gasteiger charge is 2.18. The lowest BCUT2D eigenvalue weighted by molar-refractivity contribution is 0.194. The van der Waals surface area contributed by atoms with E-state index in [4.69, 9.17) is 9.47 Å². The maximum Gasteiger partial charge on any atom is 0.279 e. The van der Waals surface area contributed by atoms with Crippen LogP contribution in [0.15, 0.2) is 41.5 Å². The van der Waals surface area contributed by atoms with Gasteiger partial charge >= 0.3 is 0 Å². The molecule has 6 nitrogen and oxygen atoms in total. The number of benzene rings is 1. The second-order valence-electron chi connectivity index (χ2n) is 7.09. The van der Waals surface area contributed by atoms with Gasteiger partial charge in [0.1, 0.15) is 17.1 Å². The van der Waals surface area contributed by atoms with Gasteiger partial charge in [0.15, 0.2) is 0 Å². The molecule has 1 fully saturated rings. The third-order valence-corrected chi connectivity index (χ3v) is 4.94. The Balaban J connectivity index is 1.67. The van der Waals surface area contributed by atoms with Gasteiger partial charge in [-0.2, -0.15) is 0 Å². The molecule has 0 bridgehead atoms. The first kappa shape index (κ1) is 16.8. The molecule has 4 rings (SSSR count). The van der Waals surface area contributed by atoms with E-state index in [0.29, 0.717) is 23.1 Å². The maximum atomic E-state index is 12.6. The number of fused-ring (bicyclic) bond motifs is 1. The average molecular weight is 353 g/mol. The summed E-state index contributed by atoms with van der Waals surface area (Å²) in [5.74, 6) is 2.71. The molecule has 136 valence electrons. The van der Waals surface area contributed by atoms with E-state index in [2.05, 4.69) is 31.0 Å². The van der Waals surface area contributed by atoms with Gasteiger partial charge in [0.25, 0.3) is 5.56 Å². The zero-order valence-electron chi connectivity index (χ0n) is 15.3. The molecular formula is C20H23N3O3. The van der Waals surface area contributed by atoms with Crippen LogP contribution in [0.3, 0.4) is 0 Å². The average Bonchev–Trinajstić information content (AvgIpc) is 3.30. The molecule has 1 unspecified atom stereocenters. The van der Waals surface area contributed by atoms with Crippen LogP contribution in [-0.4, -0.2) is 27.2 Å². The van der Waals surface area contributed by atoms with Gasteiger partial charge in [0.2, 0.25) is 5.88 Å². The molecule has 3 heterocycles. The molecule has 1 atom stereocenters. The van der Waals surface area contributed by atoms with E-state index in [0.717, 1.165) is 25.5 Å². The first-order valence-corrected chi connectivity index (χ1v) is 8.97. The lowest BCUT2D eigenvalue weighted by Crippen LogP contribution is -2.20. The van der Waals surface area contributed by atoms with Crippen LogP contribution in [0.25, 0.3) is 5.52 Å². The standard InChI is InChI=1S/C20H23N3O3/c1-13(2)19-21-10-17-20(24)22(3)18(11-23(17)19)26-16-6-4-14(5-7-16)15-8-9-25-12-15/h4-7,10-11,13,15H,8-9,12H2,1-3H3. The van der Waals surface area contributed by atoms with Crippen molar-refractivity contribution in [1.82, 2.24) is 14.0 Å².